The molecule has 0 bridgehead atoms. The Bertz CT molecular complexity index is 260. The largest absolute Gasteiger partial charge is 0.374 e. The van der Waals surface area contributed by atoms with Gasteiger partial charge in [-0.2, -0.15) is 0 Å². The maximum Gasteiger partial charge on any atom is 0.0720 e. The van der Waals surface area contributed by atoms with E-state index in [9.17, 15) is 0 Å². The maximum atomic E-state index is 5.60. The lowest BCUT2D eigenvalue weighted by atomic mass is 10.2. The first kappa shape index (κ1) is 10.6. The summed E-state index contributed by atoms with van der Waals surface area (Å²) in [6.45, 7) is 4.90. The smallest absolute Gasteiger partial charge is 0.0720 e. The van der Waals surface area contributed by atoms with Gasteiger partial charge in [-0.15, -0.1) is 12.6 Å². The summed E-state index contributed by atoms with van der Waals surface area (Å²) in [6.07, 6.45) is 1.39. The minimum absolute atomic E-state index is 0.337. The number of hydrogen-bond acceptors (Lipinski definition) is 2. The Kier molecular flexibility index (Phi) is 4.33. The normalized spacial score (nSPS) is 12.8. The van der Waals surface area contributed by atoms with Crippen LogP contribution in [0, 0.1) is 0 Å². The first-order valence-electron chi connectivity index (χ1n) is 4.62. The average molecular weight is 196 g/mol. The van der Waals surface area contributed by atoms with Gasteiger partial charge in [0.15, 0.2) is 0 Å². The van der Waals surface area contributed by atoms with E-state index >= 15 is 0 Å². The Balaban J connectivity index is 2.45. The first-order chi connectivity index (χ1) is 6.22. The molecule has 0 saturated heterocycles. The summed E-state index contributed by atoms with van der Waals surface area (Å²) in [4.78, 5) is 0.991. The van der Waals surface area contributed by atoms with Crippen LogP contribution < -0.4 is 0 Å². The molecule has 1 nitrogen and oxygen atoms in total. The van der Waals surface area contributed by atoms with Gasteiger partial charge in [-0.05, 0) is 31.0 Å². The summed E-state index contributed by atoms with van der Waals surface area (Å²) in [7, 11) is 0. The standard InChI is InChI=1S/C11H16OS/c1-3-9(2)12-8-10-5-4-6-11(13)7-10/h4-7,9,13H,3,8H2,1-2H3/t9-/m1/s1. The van der Waals surface area contributed by atoms with E-state index in [0.29, 0.717) is 12.7 Å². The highest BCUT2D eigenvalue weighted by atomic mass is 32.1. The summed E-state index contributed by atoms with van der Waals surface area (Å²) < 4.78 is 5.60. The third kappa shape index (κ3) is 3.83. The molecule has 1 atom stereocenters. The van der Waals surface area contributed by atoms with E-state index in [0.717, 1.165) is 11.3 Å². The molecule has 0 saturated carbocycles. The summed E-state index contributed by atoms with van der Waals surface area (Å²) in [5.74, 6) is 0. The molecule has 1 aromatic rings. The fourth-order valence-electron chi connectivity index (χ4n) is 1.00. The van der Waals surface area contributed by atoms with Crippen molar-refractivity contribution in [2.24, 2.45) is 0 Å². The molecule has 0 aromatic heterocycles. The van der Waals surface area contributed by atoms with Crippen LogP contribution >= 0.6 is 12.6 Å². The van der Waals surface area contributed by atoms with E-state index in [4.69, 9.17) is 4.74 Å². The highest BCUT2D eigenvalue weighted by Gasteiger charge is 1.99. The second kappa shape index (κ2) is 5.30. The quantitative estimate of drug-likeness (QED) is 0.727. The Morgan fingerprint density at radius 1 is 1.46 bits per heavy atom. The van der Waals surface area contributed by atoms with Crippen LogP contribution in [-0.2, 0) is 11.3 Å². The topological polar surface area (TPSA) is 9.23 Å². The Hall–Kier alpha value is -0.470. The van der Waals surface area contributed by atoms with Crippen LogP contribution in [0.1, 0.15) is 25.8 Å². The van der Waals surface area contributed by atoms with Crippen molar-refractivity contribution >= 4 is 12.6 Å². The van der Waals surface area contributed by atoms with Crippen molar-refractivity contribution in [1.29, 1.82) is 0 Å². The van der Waals surface area contributed by atoms with Gasteiger partial charge in [0.05, 0.1) is 12.7 Å². The zero-order valence-corrected chi connectivity index (χ0v) is 9.05. The van der Waals surface area contributed by atoms with Gasteiger partial charge in [0.25, 0.3) is 0 Å². The highest BCUT2D eigenvalue weighted by molar-refractivity contribution is 7.80. The van der Waals surface area contributed by atoms with Crippen LogP contribution in [0.25, 0.3) is 0 Å². The van der Waals surface area contributed by atoms with Crippen LogP contribution in [0.2, 0.25) is 0 Å². The van der Waals surface area contributed by atoms with Crippen LogP contribution in [0.15, 0.2) is 29.2 Å². The molecule has 72 valence electrons. The molecule has 0 fully saturated rings. The lowest BCUT2D eigenvalue weighted by molar-refractivity contribution is 0.0507. The molecule has 2 heteroatoms. The third-order valence-electron chi connectivity index (χ3n) is 2.02. The molecule has 0 radical (unpaired) electrons. The third-order valence-corrected chi connectivity index (χ3v) is 2.30. The van der Waals surface area contributed by atoms with Crippen LogP contribution in [0.3, 0.4) is 0 Å². The fourth-order valence-corrected chi connectivity index (χ4v) is 1.25. The molecule has 0 unspecified atom stereocenters. The minimum atomic E-state index is 0.337. The molecule has 0 spiro atoms. The molecule has 1 rings (SSSR count). The molecule has 0 N–H and O–H groups in total. The molecule has 1 aromatic carbocycles. The molecular weight excluding hydrogens is 180 g/mol. The van der Waals surface area contributed by atoms with Crippen LogP contribution in [0.4, 0.5) is 0 Å². The van der Waals surface area contributed by atoms with E-state index in [1.807, 2.05) is 18.2 Å². The second-order valence-electron chi connectivity index (χ2n) is 3.20. The summed E-state index contributed by atoms with van der Waals surface area (Å²) in [5, 5.41) is 0. The van der Waals surface area contributed by atoms with Gasteiger partial charge in [0.2, 0.25) is 0 Å². The van der Waals surface area contributed by atoms with E-state index < -0.39 is 0 Å². The van der Waals surface area contributed by atoms with Gasteiger partial charge in [0.1, 0.15) is 0 Å². The van der Waals surface area contributed by atoms with E-state index in [1.165, 1.54) is 5.56 Å². The molecule has 0 aliphatic carbocycles. The van der Waals surface area contributed by atoms with Crippen molar-refractivity contribution in [2.45, 2.75) is 37.9 Å². The van der Waals surface area contributed by atoms with Gasteiger partial charge in [-0.1, -0.05) is 19.1 Å². The predicted octanol–water partition coefficient (Wildman–Crippen LogP) is 3.29. The van der Waals surface area contributed by atoms with Gasteiger partial charge < -0.3 is 4.74 Å². The van der Waals surface area contributed by atoms with Crippen molar-refractivity contribution in [3.05, 3.63) is 29.8 Å². The van der Waals surface area contributed by atoms with Gasteiger partial charge in [-0.25, -0.2) is 0 Å². The molecule has 13 heavy (non-hydrogen) atoms. The van der Waals surface area contributed by atoms with Crippen molar-refractivity contribution in [1.82, 2.24) is 0 Å². The van der Waals surface area contributed by atoms with Crippen LogP contribution in [-0.4, -0.2) is 6.10 Å². The number of ether oxygens (including phenoxy) is 1. The monoisotopic (exact) mass is 196 g/mol. The van der Waals surface area contributed by atoms with Gasteiger partial charge in [-0.3, -0.25) is 0 Å². The number of hydrogen-bond donors (Lipinski definition) is 1. The summed E-state index contributed by atoms with van der Waals surface area (Å²) in [6, 6.07) is 8.06. The summed E-state index contributed by atoms with van der Waals surface area (Å²) in [5.41, 5.74) is 1.19. The summed E-state index contributed by atoms with van der Waals surface area (Å²) >= 11 is 4.27. The predicted molar refractivity (Wildman–Crippen MR) is 58.2 cm³/mol. The fraction of sp³-hybridized carbons (Fsp3) is 0.455. The van der Waals surface area contributed by atoms with Crippen molar-refractivity contribution in [2.75, 3.05) is 0 Å². The molecule has 0 aliphatic rings. The van der Waals surface area contributed by atoms with E-state index in [-0.39, 0.29) is 0 Å². The number of benzene rings is 1. The zero-order valence-electron chi connectivity index (χ0n) is 8.16. The maximum absolute atomic E-state index is 5.60. The van der Waals surface area contributed by atoms with Crippen molar-refractivity contribution < 1.29 is 4.74 Å². The van der Waals surface area contributed by atoms with E-state index in [1.54, 1.807) is 0 Å². The molecule has 0 heterocycles. The Labute approximate surface area is 85.5 Å². The second-order valence-corrected chi connectivity index (χ2v) is 3.72. The Morgan fingerprint density at radius 3 is 2.85 bits per heavy atom. The number of thiol groups is 1. The first-order valence-corrected chi connectivity index (χ1v) is 5.06. The lowest BCUT2D eigenvalue weighted by Gasteiger charge is -2.10. The molecular formula is C11H16OS. The van der Waals surface area contributed by atoms with Crippen molar-refractivity contribution in [3.8, 4) is 0 Å². The van der Waals surface area contributed by atoms with Gasteiger partial charge in [0, 0.05) is 4.90 Å². The van der Waals surface area contributed by atoms with Crippen LogP contribution in [0.5, 0.6) is 0 Å². The zero-order chi connectivity index (χ0) is 9.68. The Morgan fingerprint density at radius 2 is 2.23 bits per heavy atom. The molecule has 0 amide bonds. The minimum Gasteiger partial charge on any atom is -0.374 e. The molecule has 0 aliphatic heterocycles. The number of rotatable bonds is 4. The van der Waals surface area contributed by atoms with Crippen molar-refractivity contribution in [3.63, 3.8) is 0 Å². The van der Waals surface area contributed by atoms with Gasteiger partial charge >= 0.3 is 0 Å². The lowest BCUT2D eigenvalue weighted by Crippen LogP contribution is -2.05. The SMILES string of the molecule is CC[C@@H](C)OCc1cccc(S)c1. The average Bonchev–Trinajstić information content (AvgIpc) is 2.14. The van der Waals surface area contributed by atoms with E-state index in [2.05, 4.69) is 32.5 Å². The highest BCUT2D eigenvalue weighted by Crippen LogP contribution is 2.11.